The fraction of sp³-hybridized carbons (Fsp3) is 0.348. The van der Waals surface area contributed by atoms with Gasteiger partial charge in [-0.15, -0.1) is 0 Å². The van der Waals surface area contributed by atoms with Gasteiger partial charge >= 0.3 is 0 Å². The van der Waals surface area contributed by atoms with Crippen LogP contribution in [0.25, 0.3) is 10.8 Å². The molecular weight excluding hydrogens is 380 g/mol. The number of rotatable bonds is 5. The number of nitrogens with one attached hydrogen (secondary N) is 2. The molecule has 0 saturated carbocycles. The van der Waals surface area contributed by atoms with Crippen molar-refractivity contribution in [3.8, 4) is 5.75 Å². The third-order valence-corrected chi connectivity index (χ3v) is 5.47. The first kappa shape index (κ1) is 20.1. The number of nitrogens with zero attached hydrogens (tertiary/aromatic N) is 2. The Kier molecular flexibility index (Phi) is 5.81. The van der Waals surface area contributed by atoms with Gasteiger partial charge in [0.1, 0.15) is 11.9 Å². The Morgan fingerprint density at radius 1 is 1.23 bits per heavy atom. The second kappa shape index (κ2) is 8.67. The molecule has 4 rings (SSSR count). The van der Waals surface area contributed by atoms with Crippen molar-refractivity contribution in [2.75, 3.05) is 19.6 Å². The van der Waals surface area contributed by atoms with Crippen molar-refractivity contribution in [3.05, 3.63) is 70.1 Å². The van der Waals surface area contributed by atoms with Crippen LogP contribution in [-0.4, -0.2) is 46.7 Å². The molecule has 1 aliphatic rings. The highest BCUT2D eigenvalue weighted by atomic mass is 16.5. The van der Waals surface area contributed by atoms with E-state index in [1.807, 2.05) is 30.3 Å². The third-order valence-electron chi connectivity index (χ3n) is 5.47. The molecule has 1 aliphatic heterocycles. The maximum atomic E-state index is 12.8. The summed E-state index contributed by atoms with van der Waals surface area (Å²) in [6, 6.07) is 15.3. The Hall–Kier alpha value is -3.19. The quantitative estimate of drug-likeness (QED) is 0.680. The number of carbonyl (C=O) groups excluding carboxylic acids is 1. The van der Waals surface area contributed by atoms with Crippen LogP contribution in [0, 0.1) is 0 Å². The van der Waals surface area contributed by atoms with Crippen LogP contribution in [0.2, 0.25) is 0 Å². The summed E-state index contributed by atoms with van der Waals surface area (Å²) in [7, 11) is 0. The zero-order valence-corrected chi connectivity index (χ0v) is 17.2. The molecule has 0 radical (unpaired) electrons. The van der Waals surface area contributed by atoms with Gasteiger partial charge in [-0.25, -0.2) is 5.10 Å². The third kappa shape index (κ3) is 4.21. The lowest BCUT2D eigenvalue weighted by Crippen LogP contribution is -2.39. The van der Waals surface area contributed by atoms with Crippen LogP contribution >= 0.6 is 0 Å². The van der Waals surface area contributed by atoms with Gasteiger partial charge in [0.05, 0.1) is 17.0 Å². The number of ether oxygens (including phenoxy) is 1. The smallest absolute Gasteiger partial charge is 0.272 e. The average Bonchev–Trinajstić information content (AvgIpc) is 2.91. The lowest BCUT2D eigenvalue weighted by molar-refractivity contribution is -0.122. The number of aromatic amines is 1. The first-order valence-electron chi connectivity index (χ1n) is 10.2. The average molecular weight is 406 g/mol. The standard InChI is InChI=1S/C23H26N4O3/c1-15-13-27(14-17-7-3-6-10-20(17)30-15)12-11-24-22(28)16(2)21-18-8-4-5-9-19(18)23(29)26-25-21/h3-10,15-16H,11-14H2,1-2H3,(H,24,28)(H,26,29). The first-order chi connectivity index (χ1) is 14.5. The molecule has 0 aliphatic carbocycles. The van der Waals surface area contributed by atoms with Crippen LogP contribution in [0.15, 0.2) is 53.3 Å². The lowest BCUT2D eigenvalue weighted by atomic mass is 10.0. The van der Waals surface area contributed by atoms with Gasteiger partial charge in [-0.3, -0.25) is 14.5 Å². The van der Waals surface area contributed by atoms with Crippen molar-refractivity contribution in [3.63, 3.8) is 0 Å². The second-order valence-electron chi connectivity index (χ2n) is 7.77. The number of amides is 1. The van der Waals surface area contributed by atoms with E-state index >= 15 is 0 Å². The number of aromatic nitrogens is 2. The Balaban J connectivity index is 1.39. The van der Waals surface area contributed by atoms with Gasteiger partial charge in [0, 0.05) is 37.1 Å². The minimum Gasteiger partial charge on any atom is -0.489 e. The van der Waals surface area contributed by atoms with E-state index in [9.17, 15) is 9.59 Å². The SMILES string of the molecule is CC1CN(CCNC(=O)C(C)c2n[nH]c(=O)c3ccccc23)Cc2ccccc2O1. The normalized spacial score (nSPS) is 17.6. The van der Waals surface area contributed by atoms with Crippen LogP contribution in [0.3, 0.4) is 0 Å². The number of hydrogen-bond acceptors (Lipinski definition) is 5. The van der Waals surface area contributed by atoms with Gasteiger partial charge in [-0.2, -0.15) is 5.10 Å². The zero-order chi connectivity index (χ0) is 21.1. The molecule has 1 aromatic heterocycles. The van der Waals surface area contributed by atoms with Crippen molar-refractivity contribution in [1.29, 1.82) is 0 Å². The number of H-pyrrole nitrogens is 1. The van der Waals surface area contributed by atoms with Gasteiger partial charge in [0.25, 0.3) is 5.56 Å². The minimum absolute atomic E-state index is 0.0833. The number of hydrogen-bond donors (Lipinski definition) is 2. The highest BCUT2D eigenvalue weighted by Gasteiger charge is 2.22. The number of carbonyl (C=O) groups is 1. The summed E-state index contributed by atoms with van der Waals surface area (Å²) < 4.78 is 5.99. The van der Waals surface area contributed by atoms with Gasteiger partial charge in [-0.05, 0) is 26.0 Å². The Morgan fingerprint density at radius 3 is 2.80 bits per heavy atom. The van der Waals surface area contributed by atoms with E-state index in [0.29, 0.717) is 23.0 Å². The van der Waals surface area contributed by atoms with E-state index in [1.165, 1.54) is 0 Å². The van der Waals surface area contributed by atoms with Crippen molar-refractivity contribution in [2.24, 2.45) is 0 Å². The molecule has 7 heteroatoms. The Labute approximate surface area is 175 Å². The van der Waals surface area contributed by atoms with Gasteiger partial charge < -0.3 is 10.1 Å². The minimum atomic E-state index is -0.473. The van der Waals surface area contributed by atoms with Gasteiger partial charge in [0.2, 0.25) is 5.91 Å². The lowest BCUT2D eigenvalue weighted by Gasteiger charge is -2.22. The van der Waals surface area contributed by atoms with Crippen molar-refractivity contribution >= 4 is 16.7 Å². The molecule has 30 heavy (non-hydrogen) atoms. The first-order valence-corrected chi connectivity index (χ1v) is 10.2. The molecule has 0 spiro atoms. The van der Waals surface area contributed by atoms with Crippen LogP contribution < -0.4 is 15.6 Å². The van der Waals surface area contributed by atoms with Crippen molar-refractivity contribution in [2.45, 2.75) is 32.4 Å². The van der Waals surface area contributed by atoms with Crippen LogP contribution in [-0.2, 0) is 11.3 Å². The summed E-state index contributed by atoms with van der Waals surface area (Å²) in [6.45, 7) is 6.70. The van der Waals surface area contributed by atoms with Crippen molar-refractivity contribution in [1.82, 2.24) is 20.4 Å². The van der Waals surface area contributed by atoms with E-state index in [0.717, 1.165) is 30.9 Å². The Bertz CT molecular complexity index is 1110. The Morgan fingerprint density at radius 2 is 1.97 bits per heavy atom. The largest absolute Gasteiger partial charge is 0.489 e. The molecule has 2 heterocycles. The van der Waals surface area contributed by atoms with E-state index in [2.05, 4.69) is 33.4 Å². The fourth-order valence-corrected chi connectivity index (χ4v) is 3.92. The molecule has 156 valence electrons. The number of benzene rings is 2. The van der Waals surface area contributed by atoms with Crippen LogP contribution in [0.1, 0.15) is 31.0 Å². The summed E-state index contributed by atoms with van der Waals surface area (Å²) in [5.74, 6) is 0.347. The maximum absolute atomic E-state index is 12.8. The maximum Gasteiger partial charge on any atom is 0.272 e. The monoisotopic (exact) mass is 406 g/mol. The summed E-state index contributed by atoms with van der Waals surface area (Å²) >= 11 is 0. The molecule has 0 fully saturated rings. The van der Waals surface area contributed by atoms with Crippen molar-refractivity contribution < 1.29 is 9.53 Å². The predicted molar refractivity (Wildman–Crippen MR) is 116 cm³/mol. The van der Waals surface area contributed by atoms with E-state index < -0.39 is 5.92 Å². The van der Waals surface area contributed by atoms with E-state index in [4.69, 9.17) is 4.74 Å². The molecule has 2 N–H and O–H groups in total. The number of para-hydroxylation sites is 1. The second-order valence-corrected chi connectivity index (χ2v) is 7.77. The molecule has 7 nitrogen and oxygen atoms in total. The molecule has 2 unspecified atom stereocenters. The summed E-state index contributed by atoms with van der Waals surface area (Å²) in [6.07, 6.45) is 0.0833. The summed E-state index contributed by atoms with van der Waals surface area (Å²) in [4.78, 5) is 27.0. The predicted octanol–water partition coefficient (Wildman–Crippen LogP) is 2.43. The topological polar surface area (TPSA) is 87.3 Å². The highest BCUT2D eigenvalue weighted by Crippen LogP contribution is 2.24. The zero-order valence-electron chi connectivity index (χ0n) is 17.2. The fourth-order valence-electron chi connectivity index (χ4n) is 3.92. The van der Waals surface area contributed by atoms with Crippen LogP contribution in [0.4, 0.5) is 0 Å². The summed E-state index contributed by atoms with van der Waals surface area (Å²) in [5, 5.41) is 10.9. The molecule has 3 aromatic rings. The summed E-state index contributed by atoms with van der Waals surface area (Å²) in [5.41, 5.74) is 1.48. The molecule has 2 aromatic carbocycles. The molecule has 2 atom stereocenters. The van der Waals surface area contributed by atoms with E-state index in [-0.39, 0.29) is 17.6 Å². The highest BCUT2D eigenvalue weighted by molar-refractivity contribution is 5.90. The number of fused-ring (bicyclic) bond motifs is 2. The van der Waals surface area contributed by atoms with Gasteiger partial charge in [-0.1, -0.05) is 36.4 Å². The van der Waals surface area contributed by atoms with E-state index in [1.54, 1.807) is 19.1 Å². The molecule has 0 bridgehead atoms. The van der Waals surface area contributed by atoms with Crippen LogP contribution in [0.5, 0.6) is 5.75 Å². The molecule has 1 amide bonds. The molecular formula is C23H26N4O3. The van der Waals surface area contributed by atoms with Gasteiger partial charge in [0.15, 0.2) is 0 Å². The molecule has 0 saturated heterocycles.